The van der Waals surface area contributed by atoms with Crippen LogP contribution in [0.15, 0.2) is 65.6 Å². The third kappa shape index (κ3) is 3.98. The first-order valence-corrected chi connectivity index (χ1v) is 10.8. The predicted octanol–water partition coefficient (Wildman–Crippen LogP) is 4.69. The number of hydrogen-bond donors (Lipinski definition) is 0. The highest BCUT2D eigenvalue weighted by Gasteiger charge is 2.35. The predicted molar refractivity (Wildman–Crippen MR) is 121 cm³/mol. The maximum Gasteiger partial charge on any atom is 0.250 e. The topological polar surface area (TPSA) is 38.1 Å². The molecule has 0 N–H and O–H groups in total. The van der Waals surface area contributed by atoms with E-state index in [1.165, 1.54) is 5.69 Å². The summed E-state index contributed by atoms with van der Waals surface area (Å²) < 4.78 is 2.01. The van der Waals surface area contributed by atoms with Gasteiger partial charge in [-0.25, -0.2) is 0 Å². The molecule has 0 saturated carbocycles. The Kier molecular flexibility index (Phi) is 5.28. The monoisotopic (exact) mass is 417 g/mol. The highest BCUT2D eigenvalue weighted by atomic mass is 35.5. The van der Waals surface area contributed by atoms with Crippen LogP contribution in [-0.4, -0.2) is 27.5 Å². The van der Waals surface area contributed by atoms with Gasteiger partial charge in [-0.3, -0.25) is 14.7 Å². The van der Waals surface area contributed by atoms with E-state index in [-0.39, 0.29) is 5.56 Å². The molecule has 30 heavy (non-hydrogen) atoms. The van der Waals surface area contributed by atoms with Crippen molar-refractivity contribution in [2.45, 2.75) is 25.4 Å². The minimum Gasteiger partial charge on any atom is -0.311 e. The quantitative estimate of drug-likeness (QED) is 0.618. The second-order valence-electron chi connectivity index (χ2n) is 8.32. The molecule has 1 saturated heterocycles. The molecule has 2 atom stereocenters. The summed E-state index contributed by atoms with van der Waals surface area (Å²) in [4.78, 5) is 19.6. The van der Waals surface area contributed by atoms with Crippen molar-refractivity contribution in [2.75, 3.05) is 13.1 Å². The largest absolute Gasteiger partial charge is 0.311 e. The van der Waals surface area contributed by atoms with Crippen molar-refractivity contribution < 1.29 is 0 Å². The molecule has 3 aromatic rings. The molecule has 2 bridgehead atoms. The first-order valence-electron chi connectivity index (χ1n) is 10.5. The number of benzene rings is 1. The molecule has 5 heteroatoms. The SMILES string of the molecule is O=c1ccc(/C=C/c2ccc(Cl)cc2)c2n1C[C@H]1C[C@@H]2CN(Cc2ccccn2)C1. The van der Waals surface area contributed by atoms with E-state index in [0.29, 0.717) is 11.8 Å². The van der Waals surface area contributed by atoms with Gasteiger partial charge >= 0.3 is 0 Å². The Bertz CT molecular complexity index is 1120. The van der Waals surface area contributed by atoms with E-state index in [1.54, 1.807) is 6.07 Å². The third-order valence-corrected chi connectivity index (χ3v) is 6.39. The van der Waals surface area contributed by atoms with Crippen LogP contribution in [0.1, 0.15) is 34.9 Å². The summed E-state index contributed by atoms with van der Waals surface area (Å²) in [7, 11) is 0. The highest BCUT2D eigenvalue weighted by molar-refractivity contribution is 6.30. The van der Waals surface area contributed by atoms with E-state index in [4.69, 9.17) is 11.6 Å². The van der Waals surface area contributed by atoms with Crippen LogP contribution in [0.4, 0.5) is 0 Å². The molecule has 0 radical (unpaired) electrons. The van der Waals surface area contributed by atoms with Gasteiger partial charge in [0.15, 0.2) is 0 Å². The lowest BCUT2D eigenvalue weighted by Gasteiger charge is -2.43. The number of halogens is 1. The molecule has 152 valence electrons. The number of aromatic nitrogens is 2. The Morgan fingerprint density at radius 2 is 1.87 bits per heavy atom. The second kappa shape index (κ2) is 8.21. The van der Waals surface area contributed by atoms with Crippen molar-refractivity contribution in [3.8, 4) is 0 Å². The van der Waals surface area contributed by atoms with Crippen LogP contribution >= 0.6 is 11.6 Å². The number of pyridine rings is 2. The number of piperidine rings is 1. The van der Waals surface area contributed by atoms with Crippen molar-refractivity contribution in [3.05, 3.63) is 98.7 Å². The zero-order valence-electron chi connectivity index (χ0n) is 16.7. The number of fused-ring (bicyclic) bond motifs is 4. The van der Waals surface area contributed by atoms with Crippen molar-refractivity contribution in [1.29, 1.82) is 0 Å². The number of nitrogens with zero attached hydrogens (tertiary/aromatic N) is 3. The lowest BCUT2D eigenvalue weighted by Crippen LogP contribution is -2.47. The van der Waals surface area contributed by atoms with Gasteiger partial charge in [-0.15, -0.1) is 0 Å². The van der Waals surface area contributed by atoms with Crippen LogP contribution in [0.5, 0.6) is 0 Å². The molecule has 0 aliphatic carbocycles. The van der Waals surface area contributed by atoms with Crippen molar-refractivity contribution in [1.82, 2.24) is 14.5 Å². The molecule has 2 aliphatic rings. The van der Waals surface area contributed by atoms with Gasteiger partial charge in [-0.05, 0) is 53.8 Å². The average Bonchev–Trinajstić information content (AvgIpc) is 2.75. The molecule has 2 aromatic heterocycles. The molecule has 4 nitrogen and oxygen atoms in total. The van der Waals surface area contributed by atoms with E-state index in [1.807, 2.05) is 53.2 Å². The van der Waals surface area contributed by atoms with Crippen molar-refractivity contribution in [2.24, 2.45) is 5.92 Å². The lowest BCUT2D eigenvalue weighted by molar-refractivity contribution is 0.113. The summed E-state index contributed by atoms with van der Waals surface area (Å²) in [5.41, 5.74) is 4.62. The molecule has 4 heterocycles. The Hall–Kier alpha value is -2.69. The summed E-state index contributed by atoms with van der Waals surface area (Å²) in [6, 6.07) is 17.6. The van der Waals surface area contributed by atoms with Gasteiger partial charge in [0.25, 0.3) is 5.56 Å². The van der Waals surface area contributed by atoms with Gasteiger partial charge in [-0.1, -0.05) is 42.0 Å². The zero-order chi connectivity index (χ0) is 20.5. The first kappa shape index (κ1) is 19.3. The number of hydrogen-bond acceptors (Lipinski definition) is 3. The summed E-state index contributed by atoms with van der Waals surface area (Å²) in [5, 5.41) is 0.733. The Morgan fingerprint density at radius 1 is 1.00 bits per heavy atom. The van der Waals surface area contributed by atoms with Gasteiger partial charge in [-0.2, -0.15) is 0 Å². The van der Waals surface area contributed by atoms with Crippen LogP contribution in [0.25, 0.3) is 12.2 Å². The van der Waals surface area contributed by atoms with E-state index >= 15 is 0 Å². The molecule has 1 aromatic carbocycles. The van der Waals surface area contributed by atoms with E-state index in [0.717, 1.165) is 54.4 Å². The average molecular weight is 418 g/mol. The summed E-state index contributed by atoms with van der Waals surface area (Å²) >= 11 is 6.00. The smallest absolute Gasteiger partial charge is 0.250 e. The minimum atomic E-state index is 0.113. The Morgan fingerprint density at radius 3 is 2.67 bits per heavy atom. The van der Waals surface area contributed by atoms with E-state index in [2.05, 4.69) is 28.1 Å². The summed E-state index contributed by atoms with van der Waals surface area (Å²) in [5.74, 6) is 0.869. The second-order valence-corrected chi connectivity index (χ2v) is 8.76. The van der Waals surface area contributed by atoms with E-state index in [9.17, 15) is 4.79 Å². The maximum absolute atomic E-state index is 12.6. The van der Waals surface area contributed by atoms with Crippen molar-refractivity contribution >= 4 is 23.8 Å². The Labute approximate surface area is 181 Å². The maximum atomic E-state index is 12.6. The molecule has 0 unspecified atom stereocenters. The lowest BCUT2D eigenvalue weighted by atomic mass is 9.81. The fourth-order valence-electron chi connectivity index (χ4n) is 4.90. The van der Waals surface area contributed by atoms with Crippen LogP contribution in [0, 0.1) is 5.92 Å². The fraction of sp³-hybridized carbons (Fsp3) is 0.280. The fourth-order valence-corrected chi connectivity index (χ4v) is 5.02. The molecule has 2 aliphatic heterocycles. The first-order chi connectivity index (χ1) is 14.7. The molecule has 1 fully saturated rings. The summed E-state index contributed by atoms with van der Waals surface area (Å²) in [6.45, 7) is 3.63. The number of likely N-dealkylation sites (tertiary alicyclic amines) is 1. The molecule has 0 spiro atoms. The molecule has 0 amide bonds. The van der Waals surface area contributed by atoms with Gasteiger partial charge < -0.3 is 4.57 Å². The van der Waals surface area contributed by atoms with Crippen LogP contribution in [0.3, 0.4) is 0 Å². The molecular formula is C25H24ClN3O. The zero-order valence-corrected chi connectivity index (χ0v) is 17.5. The normalized spacial score (nSPS) is 21.0. The van der Waals surface area contributed by atoms with E-state index < -0.39 is 0 Å². The number of rotatable bonds is 4. The van der Waals surface area contributed by atoms with Gasteiger partial charge in [0.1, 0.15) is 0 Å². The van der Waals surface area contributed by atoms with Crippen LogP contribution in [0.2, 0.25) is 5.02 Å². The van der Waals surface area contributed by atoms with Crippen molar-refractivity contribution in [3.63, 3.8) is 0 Å². The van der Waals surface area contributed by atoms with Gasteiger partial charge in [0, 0.05) is 55.1 Å². The third-order valence-electron chi connectivity index (χ3n) is 6.14. The summed E-state index contributed by atoms with van der Waals surface area (Å²) in [6.07, 6.45) is 7.22. The Balaban J connectivity index is 1.44. The molecular weight excluding hydrogens is 394 g/mol. The van der Waals surface area contributed by atoms with Gasteiger partial charge in [0.05, 0.1) is 5.69 Å². The molecule has 5 rings (SSSR count). The highest BCUT2D eigenvalue weighted by Crippen LogP contribution is 2.37. The van der Waals surface area contributed by atoms with Gasteiger partial charge in [0.2, 0.25) is 0 Å². The van der Waals surface area contributed by atoms with Crippen LogP contribution < -0.4 is 5.56 Å². The van der Waals surface area contributed by atoms with Crippen LogP contribution in [-0.2, 0) is 13.1 Å². The standard InChI is InChI=1S/C25H24ClN3O/c26-22-9-5-18(6-10-22)4-7-20-8-11-24(30)29-15-19-13-21(25(20)29)16-28(14-19)17-23-3-1-2-12-27-23/h1-12,19,21H,13-17H2/b7-4+/t19-,21+/m0/s1. The minimum absolute atomic E-state index is 0.113.